The molecule has 5 heteroatoms. The third-order valence-electron chi connectivity index (χ3n) is 2.42. The van der Waals surface area contributed by atoms with Crippen LogP contribution in [0.2, 0.25) is 0 Å². The lowest BCUT2D eigenvalue weighted by atomic mass is 10.1. The maximum absolute atomic E-state index is 9.57. The molecule has 0 amide bonds. The van der Waals surface area contributed by atoms with E-state index in [1.165, 1.54) is 7.11 Å². The van der Waals surface area contributed by atoms with Crippen LogP contribution in [0.4, 0.5) is 0 Å². The van der Waals surface area contributed by atoms with E-state index in [-0.39, 0.29) is 24.7 Å². The molecule has 4 atom stereocenters. The molecule has 0 spiro atoms. The molecule has 0 saturated heterocycles. The third kappa shape index (κ3) is 1.72. The molecule has 12 heavy (non-hydrogen) atoms. The van der Waals surface area contributed by atoms with E-state index in [0.717, 1.165) is 0 Å². The number of nitrogens with one attached hydrogen (secondary N) is 1. The van der Waals surface area contributed by atoms with Crippen molar-refractivity contribution in [2.75, 3.05) is 13.7 Å². The van der Waals surface area contributed by atoms with Crippen molar-refractivity contribution in [1.82, 2.24) is 4.84 Å². The second-order valence-corrected chi connectivity index (χ2v) is 3.30. The number of halogens is 1. The molecular formula is C7H14ClNO3. The zero-order chi connectivity index (χ0) is 9.14. The van der Waals surface area contributed by atoms with Gasteiger partial charge in [0.1, 0.15) is 0 Å². The minimum atomic E-state index is -0.628. The molecule has 4 nitrogen and oxygen atoms in total. The molecule has 1 rings (SSSR count). The lowest BCUT2D eigenvalue weighted by molar-refractivity contribution is -0.0232. The maximum Gasteiger partial charge on any atom is 0.0998 e. The summed E-state index contributed by atoms with van der Waals surface area (Å²) in [5.41, 5.74) is 0. The zero-order valence-electron chi connectivity index (χ0n) is 6.90. The summed E-state index contributed by atoms with van der Waals surface area (Å²) in [5.74, 6) is -0.133. The summed E-state index contributed by atoms with van der Waals surface area (Å²) >= 11 is 5.45. The van der Waals surface area contributed by atoms with Gasteiger partial charge in [0.2, 0.25) is 0 Å². The van der Waals surface area contributed by atoms with Crippen LogP contribution in [-0.2, 0) is 4.74 Å². The average Bonchev–Trinajstić information content (AvgIpc) is 2.41. The van der Waals surface area contributed by atoms with Crippen molar-refractivity contribution in [3.05, 3.63) is 0 Å². The first-order chi connectivity index (χ1) is 5.74. The SMILES string of the molecule is CO[C@@H]1[C@H](O)[C@@H](CO)C[C@H]1NCl. The number of methoxy groups -OCH3 is 1. The largest absolute Gasteiger partial charge is 0.396 e. The lowest BCUT2D eigenvalue weighted by Crippen LogP contribution is -2.37. The summed E-state index contributed by atoms with van der Waals surface area (Å²) < 4.78 is 5.05. The number of aliphatic hydroxyl groups excluding tert-OH is 2. The summed E-state index contributed by atoms with van der Waals surface area (Å²) in [7, 11) is 1.52. The summed E-state index contributed by atoms with van der Waals surface area (Å²) in [6, 6.07) is -0.0798. The van der Waals surface area contributed by atoms with Crippen LogP contribution in [0.25, 0.3) is 0 Å². The highest BCUT2D eigenvalue weighted by Crippen LogP contribution is 2.28. The van der Waals surface area contributed by atoms with Crippen LogP contribution in [-0.4, -0.2) is 42.2 Å². The van der Waals surface area contributed by atoms with Gasteiger partial charge in [-0.15, -0.1) is 0 Å². The molecule has 1 fully saturated rings. The monoisotopic (exact) mass is 195 g/mol. The Labute approximate surface area is 76.6 Å². The number of rotatable bonds is 3. The minimum Gasteiger partial charge on any atom is -0.396 e. The smallest absolute Gasteiger partial charge is 0.0998 e. The van der Waals surface area contributed by atoms with Gasteiger partial charge in [-0.2, -0.15) is 0 Å². The van der Waals surface area contributed by atoms with Gasteiger partial charge < -0.3 is 14.9 Å². The van der Waals surface area contributed by atoms with Crippen molar-refractivity contribution in [2.45, 2.75) is 24.7 Å². The van der Waals surface area contributed by atoms with Crippen molar-refractivity contribution in [3.8, 4) is 0 Å². The molecule has 1 aliphatic carbocycles. The molecule has 0 unspecified atom stereocenters. The van der Waals surface area contributed by atoms with Crippen molar-refractivity contribution < 1.29 is 14.9 Å². The summed E-state index contributed by atoms with van der Waals surface area (Å²) in [6.07, 6.45) is -0.310. The number of aliphatic hydroxyl groups is 2. The Kier molecular flexibility index (Phi) is 3.74. The summed E-state index contributed by atoms with van der Waals surface area (Å²) in [4.78, 5) is 2.54. The topological polar surface area (TPSA) is 61.7 Å². The van der Waals surface area contributed by atoms with Crippen LogP contribution in [0.5, 0.6) is 0 Å². The highest BCUT2D eigenvalue weighted by atomic mass is 35.5. The van der Waals surface area contributed by atoms with Gasteiger partial charge in [0.15, 0.2) is 0 Å². The van der Waals surface area contributed by atoms with E-state index in [9.17, 15) is 5.11 Å². The summed E-state index contributed by atoms with van der Waals surface area (Å²) in [5, 5.41) is 18.4. The van der Waals surface area contributed by atoms with Crippen molar-refractivity contribution in [1.29, 1.82) is 0 Å². The fourth-order valence-electron chi connectivity index (χ4n) is 1.70. The first kappa shape index (κ1) is 10.2. The van der Waals surface area contributed by atoms with Crippen molar-refractivity contribution >= 4 is 11.8 Å². The van der Waals surface area contributed by atoms with Gasteiger partial charge in [0, 0.05) is 19.6 Å². The Morgan fingerprint density at radius 3 is 2.67 bits per heavy atom. The molecular weight excluding hydrogens is 182 g/mol. The molecule has 1 aliphatic rings. The van der Waals surface area contributed by atoms with E-state index in [1.54, 1.807) is 0 Å². The molecule has 0 radical (unpaired) electrons. The Hall–Kier alpha value is 0.130. The van der Waals surface area contributed by atoms with Crippen molar-refractivity contribution in [2.24, 2.45) is 5.92 Å². The fourth-order valence-corrected chi connectivity index (χ4v) is 1.91. The molecule has 1 saturated carbocycles. The van der Waals surface area contributed by atoms with Crippen molar-refractivity contribution in [3.63, 3.8) is 0 Å². The molecule has 0 bridgehead atoms. The van der Waals surface area contributed by atoms with E-state index in [0.29, 0.717) is 6.42 Å². The summed E-state index contributed by atoms with van der Waals surface area (Å²) in [6.45, 7) is -0.0317. The molecule has 0 aromatic rings. The van der Waals surface area contributed by atoms with E-state index >= 15 is 0 Å². The van der Waals surface area contributed by atoms with Gasteiger partial charge in [0.05, 0.1) is 18.2 Å². The van der Waals surface area contributed by atoms with E-state index in [4.69, 9.17) is 21.6 Å². The Balaban J connectivity index is 2.58. The predicted molar refractivity (Wildman–Crippen MR) is 44.8 cm³/mol. The van der Waals surface area contributed by atoms with E-state index < -0.39 is 6.10 Å². The molecule has 72 valence electrons. The molecule has 0 heterocycles. The van der Waals surface area contributed by atoms with Gasteiger partial charge >= 0.3 is 0 Å². The molecule has 3 N–H and O–H groups in total. The van der Waals surface area contributed by atoms with Crippen LogP contribution in [0.3, 0.4) is 0 Å². The van der Waals surface area contributed by atoms with E-state index in [2.05, 4.69) is 4.84 Å². The second kappa shape index (κ2) is 4.39. The van der Waals surface area contributed by atoms with Gasteiger partial charge in [-0.05, 0) is 18.2 Å². The van der Waals surface area contributed by atoms with Crippen LogP contribution >= 0.6 is 11.8 Å². The molecule has 0 aromatic carbocycles. The normalized spacial score (nSPS) is 42.0. The van der Waals surface area contributed by atoms with Gasteiger partial charge in [-0.3, -0.25) is 0 Å². The zero-order valence-corrected chi connectivity index (χ0v) is 7.66. The maximum atomic E-state index is 9.57. The van der Waals surface area contributed by atoms with Crippen LogP contribution in [0, 0.1) is 5.92 Å². The fraction of sp³-hybridized carbons (Fsp3) is 1.00. The Morgan fingerprint density at radius 2 is 2.33 bits per heavy atom. The van der Waals surface area contributed by atoms with Gasteiger partial charge in [-0.25, -0.2) is 4.84 Å². The Bertz CT molecular complexity index is 145. The highest BCUT2D eigenvalue weighted by Gasteiger charge is 2.41. The first-order valence-corrected chi connectivity index (χ1v) is 4.30. The molecule has 0 aromatic heterocycles. The average molecular weight is 196 g/mol. The van der Waals surface area contributed by atoms with E-state index in [1.807, 2.05) is 0 Å². The quantitative estimate of drug-likeness (QED) is 0.531. The third-order valence-corrected chi connectivity index (χ3v) is 2.70. The number of ether oxygens (including phenoxy) is 1. The van der Waals surface area contributed by atoms with Crippen LogP contribution in [0.15, 0.2) is 0 Å². The lowest BCUT2D eigenvalue weighted by Gasteiger charge is -2.19. The Morgan fingerprint density at radius 1 is 1.67 bits per heavy atom. The predicted octanol–water partition coefficient (Wildman–Crippen LogP) is -0.514. The van der Waals surface area contributed by atoms with Crippen LogP contribution in [0.1, 0.15) is 6.42 Å². The second-order valence-electron chi connectivity index (χ2n) is 3.08. The first-order valence-electron chi connectivity index (χ1n) is 3.92. The van der Waals surface area contributed by atoms with Gasteiger partial charge in [0.25, 0.3) is 0 Å². The van der Waals surface area contributed by atoms with Gasteiger partial charge in [-0.1, -0.05) is 0 Å². The highest BCUT2D eigenvalue weighted by molar-refractivity contribution is 6.13. The van der Waals surface area contributed by atoms with Crippen LogP contribution < -0.4 is 4.84 Å². The number of hydrogen-bond acceptors (Lipinski definition) is 4. The minimum absolute atomic E-state index is 0.0317. The number of hydrogen-bond donors (Lipinski definition) is 3. The standard InChI is InChI=1S/C7H14ClNO3/c1-12-7-5(9-8)2-4(3-10)6(7)11/h4-7,9-11H,2-3H2,1H3/t4-,5-,6-,7+/m1/s1. The molecule has 0 aliphatic heterocycles.